The van der Waals surface area contributed by atoms with Crippen molar-refractivity contribution in [3.05, 3.63) is 0 Å². The van der Waals surface area contributed by atoms with Gasteiger partial charge in [-0.05, 0) is 45.7 Å². The van der Waals surface area contributed by atoms with E-state index in [-0.39, 0.29) is 0 Å². The second kappa shape index (κ2) is 5.99. The monoisotopic (exact) mass is 226 g/mol. The van der Waals surface area contributed by atoms with Crippen LogP contribution in [0.5, 0.6) is 0 Å². The average molecular weight is 226 g/mol. The summed E-state index contributed by atoms with van der Waals surface area (Å²) in [6, 6.07) is 0.749. The van der Waals surface area contributed by atoms with Gasteiger partial charge in [0.05, 0.1) is 12.2 Å². The average Bonchev–Trinajstić information content (AvgIpc) is 2.86. The zero-order valence-electron chi connectivity index (χ0n) is 10.7. The summed E-state index contributed by atoms with van der Waals surface area (Å²) in [4.78, 5) is 2.63. The van der Waals surface area contributed by atoms with E-state index in [1.165, 1.54) is 32.2 Å². The fraction of sp³-hybridized carbons (Fsp3) is 1.00. The summed E-state index contributed by atoms with van der Waals surface area (Å²) in [5.74, 6) is 0. The van der Waals surface area contributed by atoms with Crippen molar-refractivity contribution in [1.29, 1.82) is 0 Å². The molecule has 0 saturated carbocycles. The molecule has 2 fully saturated rings. The highest BCUT2D eigenvalue weighted by atomic mass is 16.5. The molecule has 0 amide bonds. The third kappa shape index (κ3) is 3.19. The van der Waals surface area contributed by atoms with E-state index in [0.29, 0.717) is 12.2 Å². The molecule has 2 saturated heterocycles. The minimum absolute atomic E-state index is 0.486. The highest BCUT2D eigenvalue weighted by Crippen LogP contribution is 2.23. The molecule has 0 aromatic heterocycles. The summed E-state index contributed by atoms with van der Waals surface area (Å²) in [6.45, 7) is 9.03. The Bertz CT molecular complexity index is 210. The summed E-state index contributed by atoms with van der Waals surface area (Å²) in [6.07, 6.45) is 6.20. The Morgan fingerprint density at radius 1 is 1.31 bits per heavy atom. The number of hydrogen-bond acceptors (Lipinski definition) is 3. The molecule has 2 aliphatic rings. The van der Waals surface area contributed by atoms with Crippen LogP contribution >= 0.6 is 0 Å². The summed E-state index contributed by atoms with van der Waals surface area (Å²) in [7, 11) is 0. The van der Waals surface area contributed by atoms with Crippen molar-refractivity contribution in [3.63, 3.8) is 0 Å². The fourth-order valence-corrected chi connectivity index (χ4v) is 2.96. The Balaban J connectivity index is 1.74. The largest absolute Gasteiger partial charge is 0.374 e. The van der Waals surface area contributed by atoms with Crippen LogP contribution in [0.3, 0.4) is 0 Å². The van der Waals surface area contributed by atoms with Crippen LogP contribution < -0.4 is 5.32 Å². The zero-order chi connectivity index (χ0) is 11.4. The van der Waals surface area contributed by atoms with Crippen LogP contribution in [0.25, 0.3) is 0 Å². The van der Waals surface area contributed by atoms with Gasteiger partial charge >= 0.3 is 0 Å². The molecule has 0 bridgehead atoms. The van der Waals surface area contributed by atoms with Crippen LogP contribution in [0.4, 0.5) is 0 Å². The molecule has 3 atom stereocenters. The maximum absolute atomic E-state index is 5.91. The lowest BCUT2D eigenvalue weighted by atomic mass is 10.2. The van der Waals surface area contributed by atoms with E-state index in [1.807, 2.05) is 0 Å². The molecule has 94 valence electrons. The Labute approximate surface area is 99.5 Å². The lowest BCUT2D eigenvalue weighted by Crippen LogP contribution is -2.41. The molecule has 3 nitrogen and oxygen atoms in total. The van der Waals surface area contributed by atoms with Crippen LogP contribution in [0.1, 0.15) is 39.5 Å². The van der Waals surface area contributed by atoms with E-state index in [1.54, 1.807) is 0 Å². The summed E-state index contributed by atoms with van der Waals surface area (Å²) in [5, 5.41) is 3.47. The van der Waals surface area contributed by atoms with Gasteiger partial charge < -0.3 is 10.1 Å². The third-order valence-corrected chi connectivity index (χ3v) is 3.89. The molecular weight excluding hydrogens is 200 g/mol. The van der Waals surface area contributed by atoms with Gasteiger partial charge in [-0.1, -0.05) is 6.92 Å². The van der Waals surface area contributed by atoms with Gasteiger partial charge in [0, 0.05) is 19.1 Å². The van der Waals surface area contributed by atoms with E-state index in [2.05, 4.69) is 24.1 Å². The number of ether oxygens (including phenoxy) is 1. The molecule has 0 aromatic carbocycles. The molecule has 3 unspecified atom stereocenters. The molecule has 2 aliphatic heterocycles. The Kier molecular flexibility index (Phi) is 4.62. The molecule has 16 heavy (non-hydrogen) atoms. The quantitative estimate of drug-likeness (QED) is 0.771. The first-order chi connectivity index (χ1) is 7.79. The highest BCUT2D eigenvalue weighted by Gasteiger charge is 2.29. The first-order valence-corrected chi connectivity index (χ1v) is 6.89. The second-order valence-electron chi connectivity index (χ2n) is 5.24. The molecule has 0 aromatic rings. The van der Waals surface area contributed by atoms with Gasteiger partial charge in [-0.15, -0.1) is 0 Å². The van der Waals surface area contributed by atoms with Gasteiger partial charge in [0.1, 0.15) is 0 Å². The first kappa shape index (κ1) is 12.3. The lowest BCUT2D eigenvalue weighted by molar-refractivity contribution is 0.0288. The second-order valence-corrected chi connectivity index (χ2v) is 5.24. The minimum atomic E-state index is 0.486. The minimum Gasteiger partial charge on any atom is -0.374 e. The van der Waals surface area contributed by atoms with Crippen molar-refractivity contribution in [2.45, 2.75) is 57.8 Å². The Morgan fingerprint density at radius 3 is 2.88 bits per heavy atom. The smallest absolute Gasteiger partial charge is 0.0706 e. The molecular formula is C13H26N2O. The van der Waals surface area contributed by atoms with E-state index >= 15 is 0 Å². The van der Waals surface area contributed by atoms with Crippen molar-refractivity contribution < 1.29 is 4.74 Å². The molecule has 0 aliphatic carbocycles. The van der Waals surface area contributed by atoms with Crippen molar-refractivity contribution in [3.8, 4) is 0 Å². The normalized spacial score (nSPS) is 36.0. The predicted octanol–water partition coefficient (Wildman–Crippen LogP) is 1.63. The van der Waals surface area contributed by atoms with Gasteiger partial charge in [-0.3, -0.25) is 4.90 Å². The summed E-state index contributed by atoms with van der Waals surface area (Å²) >= 11 is 0. The molecule has 2 rings (SSSR count). The van der Waals surface area contributed by atoms with Crippen molar-refractivity contribution in [2.24, 2.45) is 0 Å². The van der Waals surface area contributed by atoms with E-state index < -0.39 is 0 Å². The fourth-order valence-electron chi connectivity index (χ4n) is 2.96. The first-order valence-electron chi connectivity index (χ1n) is 6.89. The van der Waals surface area contributed by atoms with E-state index in [4.69, 9.17) is 4.74 Å². The van der Waals surface area contributed by atoms with Crippen molar-refractivity contribution >= 4 is 0 Å². The van der Waals surface area contributed by atoms with Crippen LogP contribution in [0.15, 0.2) is 0 Å². The van der Waals surface area contributed by atoms with Crippen LogP contribution in [-0.2, 0) is 4.74 Å². The number of nitrogens with zero attached hydrogens (tertiary/aromatic N) is 1. The van der Waals surface area contributed by atoms with Crippen LogP contribution in [0, 0.1) is 0 Å². The third-order valence-electron chi connectivity index (χ3n) is 3.89. The molecule has 2 heterocycles. The number of likely N-dealkylation sites (N-methyl/N-ethyl adjacent to an activating group) is 1. The lowest BCUT2D eigenvalue weighted by Gasteiger charge is -2.27. The summed E-state index contributed by atoms with van der Waals surface area (Å²) < 4.78 is 5.91. The number of likely N-dealkylation sites (tertiary alicyclic amines) is 1. The van der Waals surface area contributed by atoms with Crippen LogP contribution in [-0.4, -0.2) is 49.3 Å². The van der Waals surface area contributed by atoms with E-state index in [9.17, 15) is 0 Å². The molecule has 0 spiro atoms. The maximum Gasteiger partial charge on any atom is 0.0706 e. The summed E-state index contributed by atoms with van der Waals surface area (Å²) in [5.41, 5.74) is 0. The molecule has 3 heteroatoms. The SMILES string of the molecule is CCNCC1CCCN1CC1CCC(C)O1. The maximum atomic E-state index is 5.91. The predicted molar refractivity (Wildman–Crippen MR) is 66.7 cm³/mol. The van der Waals surface area contributed by atoms with Crippen LogP contribution in [0.2, 0.25) is 0 Å². The highest BCUT2D eigenvalue weighted by molar-refractivity contribution is 4.84. The molecule has 1 N–H and O–H groups in total. The van der Waals surface area contributed by atoms with Gasteiger partial charge in [-0.25, -0.2) is 0 Å². The number of rotatable bonds is 5. The van der Waals surface area contributed by atoms with Gasteiger partial charge in [0.2, 0.25) is 0 Å². The van der Waals surface area contributed by atoms with Gasteiger partial charge in [-0.2, -0.15) is 0 Å². The molecule has 0 radical (unpaired) electrons. The topological polar surface area (TPSA) is 24.5 Å². The van der Waals surface area contributed by atoms with Crippen molar-refractivity contribution in [2.75, 3.05) is 26.2 Å². The van der Waals surface area contributed by atoms with Gasteiger partial charge in [0.25, 0.3) is 0 Å². The Hall–Kier alpha value is -0.120. The standard InChI is InChI=1S/C13H26N2O/c1-3-14-9-12-5-4-8-15(12)10-13-7-6-11(2)16-13/h11-14H,3-10H2,1-2H3. The van der Waals surface area contributed by atoms with Gasteiger partial charge in [0.15, 0.2) is 0 Å². The van der Waals surface area contributed by atoms with E-state index in [0.717, 1.165) is 25.7 Å². The number of nitrogens with one attached hydrogen (secondary N) is 1. The number of hydrogen-bond donors (Lipinski definition) is 1. The van der Waals surface area contributed by atoms with Crippen molar-refractivity contribution in [1.82, 2.24) is 10.2 Å². The Morgan fingerprint density at radius 2 is 2.19 bits per heavy atom. The zero-order valence-corrected chi connectivity index (χ0v) is 10.7.